The van der Waals surface area contributed by atoms with E-state index in [1.165, 1.54) is 0 Å². The van der Waals surface area contributed by atoms with Crippen molar-refractivity contribution in [3.05, 3.63) is 65.3 Å². The van der Waals surface area contributed by atoms with Crippen molar-refractivity contribution in [2.75, 3.05) is 6.54 Å². The highest BCUT2D eigenvalue weighted by atomic mass is 35.5. The molecule has 0 bridgehead atoms. The molecule has 0 aliphatic rings. The maximum atomic E-state index is 12.1. The monoisotopic (exact) mass is 378 g/mol. The maximum absolute atomic E-state index is 12.1. The summed E-state index contributed by atoms with van der Waals surface area (Å²) in [5.74, 6) is 0.624. The fourth-order valence-corrected chi connectivity index (χ4v) is 3.40. The van der Waals surface area contributed by atoms with Crippen molar-refractivity contribution < 1.29 is 12.8 Å². The summed E-state index contributed by atoms with van der Waals surface area (Å²) in [5.41, 5.74) is 1.42. The lowest BCUT2D eigenvalue weighted by Crippen LogP contribution is -2.27. The van der Waals surface area contributed by atoms with Crippen LogP contribution in [0.25, 0.3) is 11.5 Å². The number of halogens is 1. The Bertz CT molecular complexity index is 928. The molecule has 0 unspecified atom stereocenters. The number of hydrogen-bond donors (Lipinski definition) is 1. The molecule has 0 aliphatic heterocycles. The van der Waals surface area contributed by atoms with Crippen LogP contribution < -0.4 is 4.72 Å². The van der Waals surface area contributed by atoms with Crippen molar-refractivity contribution in [3.8, 4) is 11.5 Å². The van der Waals surface area contributed by atoms with E-state index in [9.17, 15) is 8.42 Å². The molecule has 7 nitrogen and oxygen atoms in total. The molecule has 0 atom stereocenters. The standard InChI is InChI=1S/C16H15ClN4O3S/c17-14-3-1-12(2-4-14)11-25(22,23)19-10-7-15-20-21-16(24-15)13-5-8-18-9-6-13/h1-6,8-9,19H,7,10-11H2. The van der Waals surface area contributed by atoms with E-state index in [1.807, 2.05) is 0 Å². The Balaban J connectivity index is 1.54. The van der Waals surface area contributed by atoms with Crippen LogP contribution in [0.15, 0.2) is 53.2 Å². The van der Waals surface area contributed by atoms with Gasteiger partial charge < -0.3 is 4.42 Å². The summed E-state index contributed by atoms with van der Waals surface area (Å²) in [6.07, 6.45) is 3.56. The first-order chi connectivity index (χ1) is 12.0. The molecule has 25 heavy (non-hydrogen) atoms. The zero-order valence-corrected chi connectivity index (χ0v) is 14.7. The molecule has 0 saturated heterocycles. The molecule has 0 fully saturated rings. The molecule has 2 aromatic heterocycles. The lowest BCUT2D eigenvalue weighted by Gasteiger charge is -2.05. The van der Waals surface area contributed by atoms with Crippen LogP contribution in [-0.2, 0) is 22.2 Å². The van der Waals surface area contributed by atoms with Gasteiger partial charge in [-0.1, -0.05) is 23.7 Å². The van der Waals surface area contributed by atoms with Gasteiger partial charge in [0, 0.05) is 35.9 Å². The van der Waals surface area contributed by atoms with Crippen LogP contribution in [-0.4, -0.2) is 30.1 Å². The molecule has 3 rings (SSSR count). The average molecular weight is 379 g/mol. The number of rotatable bonds is 7. The number of sulfonamides is 1. The SMILES string of the molecule is O=S(=O)(Cc1ccc(Cl)cc1)NCCc1nnc(-c2ccncc2)o1. The first kappa shape index (κ1) is 17.5. The summed E-state index contributed by atoms with van der Waals surface area (Å²) in [5, 5.41) is 8.43. The van der Waals surface area contributed by atoms with Crippen LogP contribution in [0.2, 0.25) is 5.02 Å². The molecule has 0 aliphatic carbocycles. The number of benzene rings is 1. The molecule has 9 heteroatoms. The van der Waals surface area contributed by atoms with Crippen molar-refractivity contribution in [1.82, 2.24) is 19.9 Å². The topological polar surface area (TPSA) is 98.0 Å². The first-order valence-corrected chi connectivity index (χ1v) is 9.49. The van der Waals surface area contributed by atoms with Crippen LogP contribution in [0, 0.1) is 0 Å². The first-order valence-electron chi connectivity index (χ1n) is 7.46. The molecule has 0 amide bonds. The van der Waals surface area contributed by atoms with E-state index in [2.05, 4.69) is 19.9 Å². The third-order valence-corrected chi connectivity index (χ3v) is 4.93. The van der Waals surface area contributed by atoms with Crippen molar-refractivity contribution >= 4 is 21.6 Å². The van der Waals surface area contributed by atoms with Crippen molar-refractivity contribution in [3.63, 3.8) is 0 Å². The average Bonchev–Trinajstić information content (AvgIpc) is 3.06. The Morgan fingerprint density at radius 1 is 1.04 bits per heavy atom. The van der Waals surface area contributed by atoms with E-state index in [-0.39, 0.29) is 12.3 Å². The lowest BCUT2D eigenvalue weighted by molar-refractivity contribution is 0.502. The Morgan fingerprint density at radius 2 is 1.76 bits per heavy atom. The minimum absolute atomic E-state index is 0.115. The van der Waals surface area contributed by atoms with Gasteiger partial charge in [0.1, 0.15) is 0 Å². The number of hydrogen-bond acceptors (Lipinski definition) is 6. The summed E-state index contributed by atoms with van der Waals surface area (Å²) in [7, 11) is -3.45. The predicted octanol–water partition coefficient (Wildman–Crippen LogP) is 2.45. The van der Waals surface area contributed by atoms with Gasteiger partial charge >= 0.3 is 0 Å². The highest BCUT2D eigenvalue weighted by molar-refractivity contribution is 7.88. The van der Waals surface area contributed by atoms with Crippen LogP contribution >= 0.6 is 11.6 Å². The minimum atomic E-state index is -3.45. The van der Waals surface area contributed by atoms with Crippen molar-refractivity contribution in [1.29, 1.82) is 0 Å². The van der Waals surface area contributed by atoms with Crippen LogP contribution in [0.3, 0.4) is 0 Å². The molecule has 0 saturated carbocycles. The van der Waals surface area contributed by atoms with Gasteiger partial charge in [0.2, 0.25) is 21.8 Å². The Labute approximate surface area is 150 Å². The Kier molecular flexibility index (Phi) is 5.42. The van der Waals surface area contributed by atoms with Crippen molar-refractivity contribution in [2.45, 2.75) is 12.2 Å². The molecule has 1 aromatic carbocycles. The van der Waals surface area contributed by atoms with Gasteiger partial charge in [-0.25, -0.2) is 13.1 Å². The second-order valence-electron chi connectivity index (χ2n) is 5.27. The number of pyridine rings is 1. The smallest absolute Gasteiger partial charge is 0.247 e. The summed E-state index contributed by atoms with van der Waals surface area (Å²) in [4.78, 5) is 3.92. The fourth-order valence-electron chi connectivity index (χ4n) is 2.13. The molecular formula is C16H15ClN4O3S. The highest BCUT2D eigenvalue weighted by Gasteiger charge is 2.13. The van der Waals surface area contributed by atoms with Gasteiger partial charge in [-0.2, -0.15) is 0 Å². The van der Waals surface area contributed by atoms with E-state index in [0.29, 0.717) is 28.8 Å². The maximum Gasteiger partial charge on any atom is 0.247 e. The zero-order chi connectivity index (χ0) is 17.7. The summed E-state index contributed by atoms with van der Waals surface area (Å²) >= 11 is 5.79. The van der Waals surface area contributed by atoms with Crippen molar-refractivity contribution in [2.24, 2.45) is 0 Å². The Morgan fingerprint density at radius 3 is 2.48 bits per heavy atom. The van der Waals surface area contributed by atoms with Gasteiger partial charge in [-0.05, 0) is 29.8 Å². The lowest BCUT2D eigenvalue weighted by atomic mass is 10.2. The van der Waals surface area contributed by atoms with Gasteiger partial charge in [-0.3, -0.25) is 4.98 Å². The second-order valence-corrected chi connectivity index (χ2v) is 7.51. The van der Waals surface area contributed by atoms with E-state index in [4.69, 9.17) is 16.0 Å². The predicted molar refractivity (Wildman–Crippen MR) is 93.3 cm³/mol. The van der Waals surface area contributed by atoms with Gasteiger partial charge in [-0.15, -0.1) is 10.2 Å². The summed E-state index contributed by atoms with van der Waals surface area (Å²) < 4.78 is 32.2. The fraction of sp³-hybridized carbons (Fsp3) is 0.188. The van der Waals surface area contributed by atoms with E-state index in [0.717, 1.165) is 5.56 Å². The molecule has 130 valence electrons. The van der Waals surface area contributed by atoms with E-state index >= 15 is 0 Å². The molecular weight excluding hydrogens is 364 g/mol. The molecule has 0 spiro atoms. The molecule has 3 aromatic rings. The molecule has 1 N–H and O–H groups in total. The molecule has 2 heterocycles. The molecule has 0 radical (unpaired) electrons. The van der Waals surface area contributed by atoms with Gasteiger partial charge in [0.05, 0.1) is 5.75 Å². The number of nitrogens with one attached hydrogen (secondary N) is 1. The van der Waals surface area contributed by atoms with E-state index in [1.54, 1.807) is 48.8 Å². The third kappa shape index (κ3) is 5.09. The van der Waals surface area contributed by atoms with Crippen LogP contribution in [0.5, 0.6) is 0 Å². The Hall–Kier alpha value is -2.29. The summed E-state index contributed by atoms with van der Waals surface area (Å²) in [6, 6.07) is 10.2. The number of nitrogens with zero attached hydrogens (tertiary/aromatic N) is 3. The number of aromatic nitrogens is 3. The quantitative estimate of drug-likeness (QED) is 0.678. The van der Waals surface area contributed by atoms with Crippen LogP contribution in [0.1, 0.15) is 11.5 Å². The van der Waals surface area contributed by atoms with E-state index < -0.39 is 10.0 Å². The largest absolute Gasteiger partial charge is 0.421 e. The normalized spacial score (nSPS) is 11.6. The summed E-state index contributed by atoms with van der Waals surface area (Å²) in [6.45, 7) is 0.175. The van der Waals surface area contributed by atoms with Crippen LogP contribution in [0.4, 0.5) is 0 Å². The van der Waals surface area contributed by atoms with Gasteiger partial charge in [0.25, 0.3) is 0 Å². The zero-order valence-electron chi connectivity index (χ0n) is 13.1. The third-order valence-electron chi connectivity index (χ3n) is 3.32. The van der Waals surface area contributed by atoms with Gasteiger partial charge in [0.15, 0.2) is 0 Å². The highest BCUT2D eigenvalue weighted by Crippen LogP contribution is 2.16. The second kappa shape index (κ2) is 7.73. The minimum Gasteiger partial charge on any atom is -0.421 e.